The van der Waals surface area contributed by atoms with Crippen molar-refractivity contribution in [2.75, 3.05) is 16.4 Å². The number of carbonyl (C=O) groups excluding carboxylic acids is 1. The van der Waals surface area contributed by atoms with Crippen molar-refractivity contribution in [1.29, 1.82) is 0 Å². The van der Waals surface area contributed by atoms with Crippen LogP contribution >= 0.6 is 11.6 Å². The van der Waals surface area contributed by atoms with Gasteiger partial charge in [0, 0.05) is 16.9 Å². The fourth-order valence-electron chi connectivity index (χ4n) is 4.16. The fourth-order valence-corrected chi connectivity index (χ4v) is 4.42. The van der Waals surface area contributed by atoms with E-state index in [4.69, 9.17) is 17.3 Å². The molecule has 2 aromatic heterocycles. The third-order valence-corrected chi connectivity index (χ3v) is 6.24. The summed E-state index contributed by atoms with van der Waals surface area (Å²) >= 11 is 6.42. The molecular formula is C28H23ClN6O2. The zero-order chi connectivity index (χ0) is 25.9. The van der Waals surface area contributed by atoms with Crippen LogP contribution in [-0.2, 0) is 0 Å². The standard InChI is InChI=1S/C28H23ClN6O2/c1-17(32-25-22(16-31-28(30)34-25)33-26(36)18-9-4-2-5-10-18)23-15-19-11-8-14-21(29)24(19)27(37)35(23)20-12-6-3-7-13-20/h2-17H,1H3,(H,33,36)(H3,30,31,32,34). The molecule has 0 saturated carbocycles. The lowest BCUT2D eigenvalue weighted by Crippen LogP contribution is -2.26. The lowest BCUT2D eigenvalue weighted by atomic mass is 10.1. The number of nitrogens with zero attached hydrogens (tertiary/aromatic N) is 3. The Balaban J connectivity index is 1.58. The molecule has 37 heavy (non-hydrogen) atoms. The minimum Gasteiger partial charge on any atom is -0.368 e. The summed E-state index contributed by atoms with van der Waals surface area (Å²) in [4.78, 5) is 34.8. The molecule has 0 aliphatic carbocycles. The van der Waals surface area contributed by atoms with Gasteiger partial charge < -0.3 is 16.4 Å². The molecule has 1 atom stereocenters. The Hall–Kier alpha value is -4.69. The van der Waals surface area contributed by atoms with Gasteiger partial charge in [0.1, 0.15) is 5.69 Å². The smallest absolute Gasteiger partial charge is 0.264 e. The number of pyridine rings is 1. The number of halogens is 1. The van der Waals surface area contributed by atoms with E-state index < -0.39 is 6.04 Å². The van der Waals surface area contributed by atoms with Crippen LogP contribution in [0.1, 0.15) is 29.0 Å². The molecule has 5 rings (SSSR count). The summed E-state index contributed by atoms with van der Waals surface area (Å²) < 4.78 is 1.62. The van der Waals surface area contributed by atoms with Gasteiger partial charge in [-0.3, -0.25) is 14.2 Å². The van der Waals surface area contributed by atoms with Crippen LogP contribution in [-0.4, -0.2) is 20.4 Å². The van der Waals surface area contributed by atoms with E-state index in [1.54, 1.807) is 41.0 Å². The van der Waals surface area contributed by atoms with Crippen LogP contribution < -0.4 is 21.9 Å². The van der Waals surface area contributed by atoms with Gasteiger partial charge in [-0.1, -0.05) is 60.1 Å². The Bertz CT molecular complexity index is 1660. The number of nitrogen functional groups attached to an aromatic ring is 1. The number of nitrogens with one attached hydrogen (secondary N) is 2. The van der Waals surface area contributed by atoms with Gasteiger partial charge in [-0.05, 0) is 48.7 Å². The minimum atomic E-state index is -0.432. The van der Waals surface area contributed by atoms with E-state index in [0.717, 1.165) is 0 Å². The molecule has 0 fully saturated rings. The van der Waals surface area contributed by atoms with Crippen LogP contribution in [0, 0.1) is 0 Å². The second-order valence-electron chi connectivity index (χ2n) is 8.43. The quantitative estimate of drug-likeness (QED) is 0.280. The maximum absolute atomic E-state index is 13.7. The van der Waals surface area contributed by atoms with Crippen molar-refractivity contribution in [2.45, 2.75) is 13.0 Å². The summed E-state index contributed by atoms with van der Waals surface area (Å²) in [6.45, 7) is 1.89. The van der Waals surface area contributed by atoms with Crippen molar-refractivity contribution < 1.29 is 4.79 Å². The number of para-hydroxylation sites is 1. The van der Waals surface area contributed by atoms with E-state index >= 15 is 0 Å². The predicted octanol–water partition coefficient (Wildman–Crippen LogP) is 5.44. The normalized spacial score (nSPS) is 11.7. The average Bonchev–Trinajstić information content (AvgIpc) is 2.91. The average molecular weight is 511 g/mol. The molecule has 0 radical (unpaired) electrons. The van der Waals surface area contributed by atoms with Gasteiger partial charge in [0.25, 0.3) is 11.5 Å². The van der Waals surface area contributed by atoms with Gasteiger partial charge in [0.2, 0.25) is 5.95 Å². The Kier molecular flexibility index (Phi) is 6.57. The van der Waals surface area contributed by atoms with E-state index in [1.165, 1.54) is 6.20 Å². The molecule has 1 unspecified atom stereocenters. The fraction of sp³-hybridized carbons (Fsp3) is 0.0714. The lowest BCUT2D eigenvalue weighted by molar-refractivity contribution is 0.102. The first-order chi connectivity index (χ1) is 17.9. The number of benzene rings is 3. The third-order valence-electron chi connectivity index (χ3n) is 5.93. The summed E-state index contributed by atoms with van der Waals surface area (Å²) in [5, 5.41) is 7.68. The number of nitrogens with two attached hydrogens (primary N) is 1. The topological polar surface area (TPSA) is 115 Å². The maximum Gasteiger partial charge on any atom is 0.264 e. The Morgan fingerprint density at radius 1 is 1.00 bits per heavy atom. The summed E-state index contributed by atoms with van der Waals surface area (Å²) in [6.07, 6.45) is 1.45. The number of amides is 1. The van der Waals surface area contributed by atoms with Crippen molar-refractivity contribution in [3.05, 3.63) is 118 Å². The maximum atomic E-state index is 13.7. The van der Waals surface area contributed by atoms with Gasteiger partial charge in [0.05, 0.1) is 22.6 Å². The molecule has 5 aromatic rings. The number of rotatable bonds is 6. The van der Waals surface area contributed by atoms with Crippen LogP contribution in [0.3, 0.4) is 0 Å². The van der Waals surface area contributed by atoms with Crippen LogP contribution in [0.2, 0.25) is 5.02 Å². The first-order valence-corrected chi connectivity index (χ1v) is 11.9. The van der Waals surface area contributed by atoms with E-state index in [2.05, 4.69) is 20.6 Å². The highest BCUT2D eigenvalue weighted by molar-refractivity contribution is 6.35. The molecule has 0 aliphatic rings. The number of carbonyl (C=O) groups is 1. The lowest BCUT2D eigenvalue weighted by Gasteiger charge is -2.22. The second kappa shape index (κ2) is 10.1. The van der Waals surface area contributed by atoms with Gasteiger partial charge in [-0.2, -0.15) is 4.98 Å². The van der Waals surface area contributed by atoms with Crippen molar-refractivity contribution >= 4 is 45.7 Å². The number of anilines is 3. The highest BCUT2D eigenvalue weighted by atomic mass is 35.5. The second-order valence-corrected chi connectivity index (χ2v) is 8.83. The first kappa shape index (κ1) is 24.0. The van der Waals surface area contributed by atoms with E-state index in [-0.39, 0.29) is 17.4 Å². The van der Waals surface area contributed by atoms with Gasteiger partial charge in [-0.25, -0.2) is 4.98 Å². The van der Waals surface area contributed by atoms with Gasteiger partial charge in [0.15, 0.2) is 5.82 Å². The highest BCUT2D eigenvalue weighted by Gasteiger charge is 2.20. The molecule has 1 amide bonds. The van der Waals surface area contributed by atoms with Crippen molar-refractivity contribution in [3.8, 4) is 5.69 Å². The Morgan fingerprint density at radius 3 is 2.43 bits per heavy atom. The van der Waals surface area contributed by atoms with Gasteiger partial charge in [-0.15, -0.1) is 0 Å². The summed E-state index contributed by atoms with van der Waals surface area (Å²) in [7, 11) is 0. The molecule has 3 aromatic carbocycles. The molecule has 0 saturated heterocycles. The first-order valence-electron chi connectivity index (χ1n) is 11.6. The molecule has 2 heterocycles. The summed E-state index contributed by atoms with van der Waals surface area (Å²) in [5.74, 6) is 0.0481. The highest BCUT2D eigenvalue weighted by Crippen LogP contribution is 2.29. The number of aromatic nitrogens is 3. The molecule has 0 bridgehead atoms. The zero-order valence-electron chi connectivity index (χ0n) is 19.9. The van der Waals surface area contributed by atoms with E-state index in [1.807, 2.05) is 55.5 Å². The monoisotopic (exact) mass is 510 g/mol. The SMILES string of the molecule is CC(Nc1nc(N)ncc1NC(=O)c1ccccc1)c1cc2cccc(Cl)c2c(=O)n1-c1ccccc1. The minimum absolute atomic E-state index is 0.0400. The van der Waals surface area contributed by atoms with Crippen LogP contribution in [0.25, 0.3) is 16.5 Å². The molecule has 184 valence electrons. The van der Waals surface area contributed by atoms with Crippen molar-refractivity contribution in [2.24, 2.45) is 0 Å². The molecule has 8 nitrogen and oxygen atoms in total. The Labute approximate surface area is 217 Å². The molecule has 0 aliphatic heterocycles. The van der Waals surface area contributed by atoms with E-state index in [9.17, 15) is 9.59 Å². The number of fused-ring (bicyclic) bond motifs is 1. The van der Waals surface area contributed by atoms with Crippen molar-refractivity contribution in [1.82, 2.24) is 14.5 Å². The molecule has 0 spiro atoms. The third kappa shape index (κ3) is 4.87. The van der Waals surface area contributed by atoms with Crippen LogP contribution in [0.15, 0.2) is 95.9 Å². The van der Waals surface area contributed by atoms with Gasteiger partial charge >= 0.3 is 0 Å². The largest absolute Gasteiger partial charge is 0.368 e. The number of hydrogen-bond acceptors (Lipinski definition) is 6. The molecule has 9 heteroatoms. The summed E-state index contributed by atoms with van der Waals surface area (Å²) in [6, 6.07) is 25.0. The predicted molar refractivity (Wildman–Crippen MR) is 147 cm³/mol. The van der Waals surface area contributed by atoms with E-state index in [0.29, 0.717) is 44.2 Å². The summed E-state index contributed by atoms with van der Waals surface area (Å²) in [5.41, 5.74) is 7.84. The van der Waals surface area contributed by atoms with Crippen LogP contribution in [0.5, 0.6) is 0 Å². The van der Waals surface area contributed by atoms with Crippen LogP contribution in [0.4, 0.5) is 17.5 Å². The molecular weight excluding hydrogens is 488 g/mol. The Morgan fingerprint density at radius 2 is 1.70 bits per heavy atom. The number of hydrogen-bond donors (Lipinski definition) is 3. The zero-order valence-corrected chi connectivity index (χ0v) is 20.6. The molecule has 4 N–H and O–H groups in total. The van der Waals surface area contributed by atoms with Crippen molar-refractivity contribution in [3.63, 3.8) is 0 Å².